The van der Waals surface area contributed by atoms with Crippen LogP contribution in [0.25, 0.3) is 0 Å². The van der Waals surface area contributed by atoms with Gasteiger partial charge in [0.05, 0.1) is 0 Å². The maximum atomic E-state index is 11.3. The number of carbonyl (C=O) groups is 1. The highest BCUT2D eigenvalue weighted by Crippen LogP contribution is 2.40. The largest absolute Gasteiger partial charge is 0.467 e. The number of aldehydes is 1. The molecule has 2 aromatic rings. The van der Waals surface area contributed by atoms with Crippen LogP contribution in [0.4, 0.5) is 11.4 Å². The molecule has 0 heterocycles. The smallest absolute Gasteiger partial charge is 0.188 e. The van der Waals surface area contributed by atoms with E-state index in [0.717, 1.165) is 41.2 Å². The molecule has 2 aromatic carbocycles. The summed E-state index contributed by atoms with van der Waals surface area (Å²) in [5.41, 5.74) is 6.55. The molecule has 1 saturated carbocycles. The Labute approximate surface area is 168 Å². The van der Waals surface area contributed by atoms with E-state index < -0.39 is 0 Å². The van der Waals surface area contributed by atoms with Crippen LogP contribution in [-0.2, 0) is 4.74 Å². The van der Waals surface area contributed by atoms with Crippen molar-refractivity contribution >= 4 is 17.7 Å². The van der Waals surface area contributed by atoms with Gasteiger partial charge in [0.15, 0.2) is 6.79 Å². The van der Waals surface area contributed by atoms with Crippen LogP contribution in [0.15, 0.2) is 30.3 Å². The van der Waals surface area contributed by atoms with E-state index in [1.807, 2.05) is 18.2 Å². The van der Waals surface area contributed by atoms with Crippen molar-refractivity contribution in [3.05, 3.63) is 52.6 Å². The summed E-state index contributed by atoms with van der Waals surface area (Å²) in [5, 5.41) is 0. The summed E-state index contributed by atoms with van der Waals surface area (Å²) in [4.78, 5) is 13.7. The average Bonchev–Trinajstić information content (AvgIpc) is 3.48. The maximum absolute atomic E-state index is 11.3. The third-order valence-electron chi connectivity index (χ3n) is 5.32. The van der Waals surface area contributed by atoms with Gasteiger partial charge >= 0.3 is 0 Å². The molecular weight excluding hydrogens is 350 g/mol. The van der Waals surface area contributed by atoms with Gasteiger partial charge in [-0.15, -0.1) is 0 Å². The highest BCUT2D eigenvalue weighted by Gasteiger charge is 2.27. The lowest BCUT2D eigenvalue weighted by molar-refractivity contribution is 0.0503. The van der Waals surface area contributed by atoms with Crippen LogP contribution in [0.3, 0.4) is 0 Å². The fourth-order valence-electron chi connectivity index (χ4n) is 3.78. The molecule has 0 saturated heterocycles. The predicted octanol–water partition coefficient (Wildman–Crippen LogP) is 5.77. The Morgan fingerprint density at radius 1 is 1.14 bits per heavy atom. The molecule has 0 radical (unpaired) electrons. The Morgan fingerprint density at radius 2 is 1.82 bits per heavy atom. The molecule has 0 N–H and O–H groups in total. The van der Waals surface area contributed by atoms with Crippen molar-refractivity contribution in [2.45, 2.75) is 46.5 Å². The Bertz CT molecular complexity index is 817. The molecule has 28 heavy (non-hydrogen) atoms. The van der Waals surface area contributed by atoms with Gasteiger partial charge in [0.1, 0.15) is 12.0 Å². The van der Waals surface area contributed by atoms with Crippen molar-refractivity contribution in [3.63, 3.8) is 0 Å². The second kappa shape index (κ2) is 8.78. The molecule has 0 bridgehead atoms. The van der Waals surface area contributed by atoms with E-state index >= 15 is 0 Å². The lowest BCUT2D eigenvalue weighted by Gasteiger charge is -2.30. The number of hydrogen-bond acceptors (Lipinski definition) is 4. The van der Waals surface area contributed by atoms with E-state index in [0.29, 0.717) is 5.92 Å². The summed E-state index contributed by atoms with van der Waals surface area (Å²) in [6, 6.07) is 10.4. The van der Waals surface area contributed by atoms with Crippen molar-refractivity contribution in [1.29, 1.82) is 0 Å². The van der Waals surface area contributed by atoms with Gasteiger partial charge in [-0.2, -0.15) is 0 Å². The number of benzene rings is 2. The third-order valence-corrected chi connectivity index (χ3v) is 5.32. The Morgan fingerprint density at radius 3 is 2.36 bits per heavy atom. The minimum absolute atomic E-state index is 0.246. The lowest BCUT2D eigenvalue weighted by Crippen LogP contribution is -2.22. The Hall–Kier alpha value is -2.33. The van der Waals surface area contributed by atoms with Crippen LogP contribution in [0.2, 0.25) is 0 Å². The summed E-state index contributed by atoms with van der Waals surface area (Å²) in [6.45, 7) is 9.79. The second-order valence-electron chi connectivity index (χ2n) is 8.10. The van der Waals surface area contributed by atoms with E-state index in [-0.39, 0.29) is 6.79 Å². The number of carbonyl (C=O) groups excluding carboxylic acids is 1. The zero-order chi connectivity index (χ0) is 20.3. The van der Waals surface area contributed by atoms with Gasteiger partial charge in [0.25, 0.3) is 0 Å². The van der Waals surface area contributed by atoms with Gasteiger partial charge in [0.2, 0.25) is 0 Å². The van der Waals surface area contributed by atoms with E-state index in [2.05, 4.69) is 44.7 Å². The van der Waals surface area contributed by atoms with Crippen LogP contribution in [0.5, 0.6) is 5.75 Å². The molecule has 0 aliphatic heterocycles. The second-order valence-corrected chi connectivity index (χ2v) is 8.10. The minimum atomic E-state index is 0.246. The predicted molar refractivity (Wildman–Crippen MR) is 114 cm³/mol. The summed E-state index contributed by atoms with van der Waals surface area (Å²) in [7, 11) is 1.63. The summed E-state index contributed by atoms with van der Waals surface area (Å²) in [6.07, 6.45) is 3.49. The van der Waals surface area contributed by atoms with Crippen LogP contribution in [0, 0.1) is 19.8 Å². The van der Waals surface area contributed by atoms with Crippen molar-refractivity contribution in [1.82, 2.24) is 0 Å². The summed E-state index contributed by atoms with van der Waals surface area (Å²) >= 11 is 0. The summed E-state index contributed by atoms with van der Waals surface area (Å²) in [5.74, 6) is 1.95. The number of aryl methyl sites for hydroxylation is 2. The zero-order valence-corrected chi connectivity index (χ0v) is 17.6. The number of hydrogen-bond donors (Lipinski definition) is 0. The summed E-state index contributed by atoms with van der Waals surface area (Å²) < 4.78 is 10.9. The molecule has 4 nitrogen and oxygen atoms in total. The number of anilines is 2. The van der Waals surface area contributed by atoms with Gasteiger partial charge < -0.3 is 14.4 Å². The quantitative estimate of drug-likeness (QED) is 0.408. The zero-order valence-electron chi connectivity index (χ0n) is 17.6. The van der Waals surface area contributed by atoms with Crippen LogP contribution >= 0.6 is 0 Å². The number of methoxy groups -OCH3 is 1. The number of ether oxygens (including phenoxy) is 2. The highest BCUT2D eigenvalue weighted by molar-refractivity contribution is 5.80. The van der Waals surface area contributed by atoms with Gasteiger partial charge in [0, 0.05) is 30.6 Å². The van der Waals surface area contributed by atoms with Gasteiger partial charge in [-0.25, -0.2) is 0 Å². The van der Waals surface area contributed by atoms with E-state index in [9.17, 15) is 4.79 Å². The maximum Gasteiger partial charge on any atom is 0.188 e. The molecule has 1 aliphatic carbocycles. The molecule has 3 rings (SSSR count). The van der Waals surface area contributed by atoms with E-state index in [1.54, 1.807) is 7.11 Å². The fourth-order valence-corrected chi connectivity index (χ4v) is 3.78. The Balaban J connectivity index is 2.05. The van der Waals surface area contributed by atoms with Crippen molar-refractivity contribution in [3.8, 4) is 5.75 Å². The van der Waals surface area contributed by atoms with Gasteiger partial charge in [-0.3, -0.25) is 4.79 Å². The molecule has 1 aliphatic rings. The van der Waals surface area contributed by atoms with Crippen molar-refractivity contribution in [2.75, 3.05) is 25.3 Å². The van der Waals surface area contributed by atoms with E-state index in [1.165, 1.54) is 29.8 Å². The molecule has 0 unspecified atom stereocenters. The molecule has 0 aromatic heterocycles. The fraction of sp³-hybridized carbons (Fsp3) is 0.458. The molecular formula is C24H31NO3. The normalized spacial score (nSPS) is 13.6. The molecule has 1 fully saturated rings. The third kappa shape index (κ3) is 4.56. The first-order chi connectivity index (χ1) is 13.4. The molecule has 150 valence electrons. The molecule has 0 amide bonds. The van der Waals surface area contributed by atoms with Crippen LogP contribution < -0.4 is 9.64 Å². The van der Waals surface area contributed by atoms with Crippen molar-refractivity contribution in [2.24, 2.45) is 5.92 Å². The molecule has 0 spiro atoms. The molecule has 0 atom stereocenters. The van der Waals surface area contributed by atoms with Crippen LogP contribution in [-0.4, -0.2) is 26.7 Å². The lowest BCUT2D eigenvalue weighted by atomic mass is 9.99. The minimum Gasteiger partial charge on any atom is -0.467 e. The number of nitrogens with zero attached hydrogens (tertiary/aromatic N) is 1. The topological polar surface area (TPSA) is 38.8 Å². The standard InChI is InChI=1S/C24H31NO3/c1-16(2)22-12-21(8-9-23(22)28-15-27-5)25(13-19-6-7-19)24-17(3)10-20(14-26)11-18(24)4/h8-12,14,16,19H,6-7,13,15H2,1-5H3. The Kier molecular flexibility index (Phi) is 6.40. The number of rotatable bonds is 9. The van der Waals surface area contributed by atoms with Crippen LogP contribution in [0.1, 0.15) is 59.7 Å². The van der Waals surface area contributed by atoms with E-state index in [4.69, 9.17) is 9.47 Å². The van der Waals surface area contributed by atoms with Gasteiger partial charge in [-0.1, -0.05) is 13.8 Å². The van der Waals surface area contributed by atoms with Crippen molar-refractivity contribution < 1.29 is 14.3 Å². The molecule has 4 heteroatoms. The first kappa shape index (κ1) is 20.4. The highest BCUT2D eigenvalue weighted by atomic mass is 16.7. The SMILES string of the molecule is COCOc1ccc(N(CC2CC2)c2c(C)cc(C=O)cc2C)cc1C(C)C. The van der Waals surface area contributed by atoms with Gasteiger partial charge in [-0.05, 0) is 85.5 Å². The average molecular weight is 382 g/mol. The monoisotopic (exact) mass is 381 g/mol. The first-order valence-electron chi connectivity index (χ1n) is 10.0. The first-order valence-corrected chi connectivity index (χ1v) is 10.0.